The lowest BCUT2D eigenvalue weighted by Gasteiger charge is -2.38. The average molecular weight is 524 g/mol. The van der Waals surface area contributed by atoms with Crippen molar-refractivity contribution in [3.63, 3.8) is 0 Å². The number of nitrogens with zero attached hydrogens (tertiary/aromatic N) is 2. The second-order valence-corrected chi connectivity index (χ2v) is 11.4. The van der Waals surface area contributed by atoms with E-state index < -0.39 is 0 Å². The molecule has 0 amide bonds. The van der Waals surface area contributed by atoms with Crippen LogP contribution in [0.15, 0.2) is 36.4 Å². The zero-order valence-corrected chi connectivity index (χ0v) is 22.8. The molecule has 0 radical (unpaired) electrons. The minimum atomic E-state index is -0.232. The predicted octanol–water partition coefficient (Wildman–Crippen LogP) is 6.04. The molecule has 8 heteroatoms. The van der Waals surface area contributed by atoms with E-state index in [-0.39, 0.29) is 18.3 Å². The van der Waals surface area contributed by atoms with Crippen molar-refractivity contribution in [1.29, 1.82) is 0 Å². The van der Waals surface area contributed by atoms with Gasteiger partial charge in [0.15, 0.2) is 0 Å². The molecule has 1 N–H and O–H groups in total. The predicted molar refractivity (Wildman–Crippen MR) is 149 cm³/mol. The molecule has 1 saturated carbocycles. The van der Waals surface area contributed by atoms with E-state index in [4.69, 9.17) is 14.2 Å². The summed E-state index contributed by atoms with van der Waals surface area (Å²) < 4.78 is 17.3. The van der Waals surface area contributed by atoms with Gasteiger partial charge in [0.05, 0.1) is 46.7 Å². The van der Waals surface area contributed by atoms with Crippen LogP contribution in [-0.4, -0.2) is 57.6 Å². The summed E-state index contributed by atoms with van der Waals surface area (Å²) in [5.41, 5.74) is 5.38. The molecule has 37 heavy (non-hydrogen) atoms. The number of hydrogen-bond acceptors (Lipinski definition) is 8. The maximum atomic E-state index is 12.2. The van der Waals surface area contributed by atoms with Crippen LogP contribution in [0.2, 0.25) is 0 Å². The third-order valence-electron chi connectivity index (χ3n) is 7.37. The minimum Gasteiger partial charge on any atom is -0.469 e. The molecule has 198 valence electrons. The van der Waals surface area contributed by atoms with Gasteiger partial charge in [-0.3, -0.25) is 4.79 Å². The highest BCUT2D eigenvalue weighted by molar-refractivity contribution is 7.18. The molecule has 2 aromatic carbocycles. The van der Waals surface area contributed by atoms with E-state index in [0.717, 1.165) is 66.0 Å². The standard InChI is InChI=1S/C29H37N3O4S/c1-19-30-25-8-7-23(16-28(25)37-19)31-26-14-21(22(18-34-2)15-29(33)35-3)6-9-27(26)32(17-20-4-5-20)24-10-12-36-13-11-24/h6-9,14,16,20,22,24,31H,4-5,10-13,15,17-18H2,1-3H3. The van der Waals surface area contributed by atoms with Gasteiger partial charge >= 0.3 is 5.97 Å². The summed E-state index contributed by atoms with van der Waals surface area (Å²) in [6.45, 7) is 5.17. The van der Waals surface area contributed by atoms with Crippen LogP contribution in [0.4, 0.5) is 17.1 Å². The minimum absolute atomic E-state index is 0.0846. The smallest absolute Gasteiger partial charge is 0.306 e. The number of hydrogen-bond donors (Lipinski definition) is 1. The van der Waals surface area contributed by atoms with Gasteiger partial charge in [0.1, 0.15) is 0 Å². The molecule has 2 heterocycles. The van der Waals surface area contributed by atoms with Gasteiger partial charge in [-0.15, -0.1) is 11.3 Å². The Morgan fingerprint density at radius 1 is 1.16 bits per heavy atom. The Kier molecular flexibility index (Phi) is 8.27. The van der Waals surface area contributed by atoms with Gasteiger partial charge in [0.2, 0.25) is 0 Å². The molecule has 1 unspecified atom stereocenters. The lowest BCUT2D eigenvalue weighted by atomic mass is 9.94. The number of benzene rings is 2. The number of fused-ring (bicyclic) bond motifs is 1. The number of rotatable bonds is 11. The van der Waals surface area contributed by atoms with Gasteiger partial charge in [-0.2, -0.15) is 0 Å². The fourth-order valence-corrected chi connectivity index (χ4v) is 6.08. The number of aromatic nitrogens is 1. The van der Waals surface area contributed by atoms with Crippen molar-refractivity contribution in [1.82, 2.24) is 4.98 Å². The molecular weight excluding hydrogens is 486 g/mol. The molecule has 2 aliphatic rings. The number of thiazole rings is 1. The van der Waals surface area contributed by atoms with E-state index in [1.54, 1.807) is 18.4 Å². The summed E-state index contributed by atoms with van der Waals surface area (Å²) in [6.07, 6.45) is 4.96. The second kappa shape index (κ2) is 11.8. The normalized spacial score (nSPS) is 17.1. The van der Waals surface area contributed by atoms with Crippen LogP contribution in [0.3, 0.4) is 0 Å². The molecule has 2 fully saturated rings. The Bertz CT molecular complexity index is 1220. The van der Waals surface area contributed by atoms with Gasteiger partial charge in [0, 0.05) is 44.5 Å². The number of methoxy groups -OCH3 is 2. The van der Waals surface area contributed by atoms with E-state index in [9.17, 15) is 4.79 Å². The van der Waals surface area contributed by atoms with Gasteiger partial charge < -0.3 is 24.4 Å². The highest BCUT2D eigenvalue weighted by Gasteiger charge is 2.31. The first kappa shape index (κ1) is 25.9. The van der Waals surface area contributed by atoms with Crippen LogP contribution >= 0.6 is 11.3 Å². The van der Waals surface area contributed by atoms with Crippen molar-refractivity contribution in [3.8, 4) is 0 Å². The molecule has 7 nitrogen and oxygen atoms in total. The Hall–Kier alpha value is -2.68. The van der Waals surface area contributed by atoms with Crippen LogP contribution in [0.1, 0.15) is 48.6 Å². The second-order valence-electron chi connectivity index (χ2n) is 10.2. The Labute approximate surface area is 223 Å². The van der Waals surface area contributed by atoms with Gasteiger partial charge in [-0.05, 0) is 74.4 Å². The Morgan fingerprint density at radius 2 is 1.97 bits per heavy atom. The van der Waals surface area contributed by atoms with E-state index in [0.29, 0.717) is 12.6 Å². The van der Waals surface area contributed by atoms with Crippen LogP contribution in [-0.2, 0) is 19.0 Å². The zero-order chi connectivity index (χ0) is 25.8. The molecular formula is C29H37N3O4S. The lowest BCUT2D eigenvalue weighted by Crippen LogP contribution is -2.41. The van der Waals surface area contributed by atoms with E-state index in [2.05, 4.69) is 51.6 Å². The largest absolute Gasteiger partial charge is 0.469 e. The van der Waals surface area contributed by atoms with Gasteiger partial charge in [-0.1, -0.05) is 6.07 Å². The molecule has 1 saturated heterocycles. The topological polar surface area (TPSA) is 72.9 Å². The summed E-state index contributed by atoms with van der Waals surface area (Å²) >= 11 is 1.71. The SMILES string of the molecule is COCC(CC(=O)OC)c1ccc(N(CC2CC2)C2CCOCC2)c(Nc2ccc3nc(C)sc3c2)c1. The third-order valence-corrected chi connectivity index (χ3v) is 8.30. The molecule has 0 bridgehead atoms. The highest BCUT2D eigenvalue weighted by Crippen LogP contribution is 2.40. The summed E-state index contributed by atoms with van der Waals surface area (Å²) in [5, 5.41) is 4.81. The fourth-order valence-electron chi connectivity index (χ4n) is 5.21. The van der Waals surface area contributed by atoms with Gasteiger partial charge in [0.25, 0.3) is 0 Å². The third kappa shape index (κ3) is 6.43. The van der Waals surface area contributed by atoms with Crippen molar-refractivity contribution in [2.45, 2.75) is 51.0 Å². The average Bonchev–Trinajstić information content (AvgIpc) is 3.66. The van der Waals surface area contributed by atoms with Crippen molar-refractivity contribution in [2.75, 3.05) is 50.8 Å². The molecule has 1 aliphatic carbocycles. The number of carbonyl (C=O) groups excluding carboxylic acids is 1. The van der Waals surface area contributed by atoms with E-state index >= 15 is 0 Å². The molecule has 0 spiro atoms. The number of ether oxygens (including phenoxy) is 3. The van der Waals surface area contributed by atoms with Gasteiger partial charge in [-0.25, -0.2) is 4.98 Å². The first-order chi connectivity index (χ1) is 18.0. The van der Waals surface area contributed by atoms with Crippen LogP contribution in [0, 0.1) is 12.8 Å². The Balaban J connectivity index is 1.53. The summed E-state index contributed by atoms with van der Waals surface area (Å²) in [6, 6.07) is 13.4. The maximum absolute atomic E-state index is 12.2. The van der Waals surface area contributed by atoms with E-state index in [1.165, 1.54) is 30.3 Å². The van der Waals surface area contributed by atoms with Crippen molar-refractivity contribution in [2.24, 2.45) is 5.92 Å². The van der Waals surface area contributed by atoms with E-state index in [1.807, 2.05) is 6.92 Å². The molecule has 5 rings (SSSR count). The monoisotopic (exact) mass is 523 g/mol. The molecule has 1 aliphatic heterocycles. The number of anilines is 3. The summed E-state index contributed by atoms with van der Waals surface area (Å²) in [5.74, 6) is 0.440. The van der Waals surface area contributed by atoms with Crippen molar-refractivity contribution >= 4 is 44.6 Å². The molecule has 3 aromatic rings. The fraction of sp³-hybridized carbons (Fsp3) is 0.517. The molecule has 1 aromatic heterocycles. The van der Waals surface area contributed by atoms with Crippen molar-refractivity contribution in [3.05, 3.63) is 47.0 Å². The van der Waals surface area contributed by atoms with Crippen molar-refractivity contribution < 1.29 is 19.0 Å². The number of esters is 1. The number of nitrogens with one attached hydrogen (secondary N) is 1. The lowest BCUT2D eigenvalue weighted by molar-refractivity contribution is -0.141. The summed E-state index contributed by atoms with van der Waals surface area (Å²) in [4.78, 5) is 19.4. The first-order valence-electron chi connectivity index (χ1n) is 13.2. The quantitative estimate of drug-likeness (QED) is 0.307. The summed E-state index contributed by atoms with van der Waals surface area (Å²) in [7, 11) is 3.11. The Morgan fingerprint density at radius 3 is 2.70 bits per heavy atom. The van der Waals surface area contributed by atoms with Crippen LogP contribution in [0.25, 0.3) is 10.2 Å². The van der Waals surface area contributed by atoms with Crippen LogP contribution in [0.5, 0.6) is 0 Å². The number of aryl methyl sites for hydroxylation is 1. The van der Waals surface area contributed by atoms with Crippen LogP contribution < -0.4 is 10.2 Å². The first-order valence-corrected chi connectivity index (χ1v) is 14.0. The number of carbonyl (C=O) groups is 1. The zero-order valence-electron chi connectivity index (χ0n) is 22.0. The highest BCUT2D eigenvalue weighted by atomic mass is 32.1. The molecule has 1 atom stereocenters. The maximum Gasteiger partial charge on any atom is 0.306 e.